The third kappa shape index (κ3) is 1.45. The third-order valence-corrected chi connectivity index (χ3v) is 2.85. The summed E-state index contributed by atoms with van der Waals surface area (Å²) in [5.74, 6) is 0. The van der Waals surface area contributed by atoms with E-state index in [-0.39, 0.29) is 6.54 Å². The number of halogens is 2. The van der Waals surface area contributed by atoms with Crippen LogP contribution in [0.2, 0.25) is 0 Å². The summed E-state index contributed by atoms with van der Waals surface area (Å²) in [4.78, 5) is 1.84. The molecule has 1 N–H and O–H groups in total. The van der Waals surface area contributed by atoms with Gasteiger partial charge in [0.25, 0.3) is 6.43 Å². The van der Waals surface area contributed by atoms with Crippen LogP contribution in [0.5, 0.6) is 0 Å². The second-order valence-electron chi connectivity index (χ2n) is 3.99. The molecule has 0 bridgehead atoms. The van der Waals surface area contributed by atoms with Gasteiger partial charge in [0.15, 0.2) is 0 Å². The van der Waals surface area contributed by atoms with E-state index >= 15 is 0 Å². The van der Waals surface area contributed by atoms with E-state index < -0.39 is 6.43 Å². The van der Waals surface area contributed by atoms with E-state index in [0.29, 0.717) is 5.41 Å². The number of hydrogen-bond donors (Lipinski definition) is 1. The van der Waals surface area contributed by atoms with Crippen LogP contribution >= 0.6 is 0 Å². The summed E-state index contributed by atoms with van der Waals surface area (Å²) in [6.45, 7) is 3.77. The molecular weight excluding hydrogens is 162 g/mol. The zero-order valence-electron chi connectivity index (χ0n) is 7.02. The molecule has 2 aliphatic heterocycles. The number of nitrogens with one attached hydrogen (secondary N) is 1. The first-order valence-corrected chi connectivity index (χ1v) is 4.41. The van der Waals surface area contributed by atoms with Gasteiger partial charge in [-0.2, -0.15) is 0 Å². The second-order valence-corrected chi connectivity index (χ2v) is 3.99. The molecule has 12 heavy (non-hydrogen) atoms. The van der Waals surface area contributed by atoms with E-state index in [1.807, 2.05) is 4.90 Å². The van der Waals surface area contributed by atoms with Gasteiger partial charge in [0.1, 0.15) is 0 Å². The van der Waals surface area contributed by atoms with Gasteiger partial charge in [-0.25, -0.2) is 8.78 Å². The Hall–Kier alpha value is -0.220. The van der Waals surface area contributed by atoms with Crippen molar-refractivity contribution in [1.82, 2.24) is 10.2 Å². The molecule has 2 saturated heterocycles. The minimum Gasteiger partial charge on any atom is -0.316 e. The summed E-state index contributed by atoms with van der Waals surface area (Å²) in [6, 6.07) is 0. The van der Waals surface area contributed by atoms with Crippen LogP contribution in [0.3, 0.4) is 0 Å². The fourth-order valence-corrected chi connectivity index (χ4v) is 2.29. The molecule has 2 heterocycles. The monoisotopic (exact) mass is 176 g/mol. The van der Waals surface area contributed by atoms with Gasteiger partial charge in [-0.15, -0.1) is 0 Å². The Labute approximate surface area is 70.9 Å². The van der Waals surface area contributed by atoms with Gasteiger partial charge in [-0.3, -0.25) is 4.90 Å². The van der Waals surface area contributed by atoms with E-state index in [2.05, 4.69) is 5.32 Å². The highest BCUT2D eigenvalue weighted by atomic mass is 19.3. The summed E-state index contributed by atoms with van der Waals surface area (Å²) in [6.07, 6.45) is -1.01. The lowest BCUT2D eigenvalue weighted by Crippen LogP contribution is -2.58. The van der Waals surface area contributed by atoms with Gasteiger partial charge in [0, 0.05) is 25.0 Å². The first kappa shape index (κ1) is 8.38. The van der Waals surface area contributed by atoms with Gasteiger partial charge in [-0.05, 0) is 13.0 Å². The molecule has 0 aliphatic carbocycles. The first-order valence-electron chi connectivity index (χ1n) is 4.41. The maximum absolute atomic E-state index is 11.9. The van der Waals surface area contributed by atoms with E-state index in [1.54, 1.807) is 0 Å². The van der Waals surface area contributed by atoms with Crippen LogP contribution in [0.1, 0.15) is 6.42 Å². The molecule has 2 aliphatic rings. The molecule has 0 saturated carbocycles. The molecule has 2 fully saturated rings. The third-order valence-electron chi connectivity index (χ3n) is 2.85. The maximum atomic E-state index is 11.9. The lowest BCUT2D eigenvalue weighted by Gasteiger charge is -2.47. The highest BCUT2D eigenvalue weighted by molar-refractivity contribution is 5.00. The maximum Gasteiger partial charge on any atom is 0.251 e. The number of nitrogens with zero attached hydrogens (tertiary/aromatic N) is 1. The first-order chi connectivity index (χ1) is 5.70. The Morgan fingerprint density at radius 2 is 2.17 bits per heavy atom. The minimum absolute atomic E-state index is 0.0399. The van der Waals surface area contributed by atoms with Crippen molar-refractivity contribution < 1.29 is 8.78 Å². The molecule has 4 heteroatoms. The highest BCUT2D eigenvalue weighted by Crippen LogP contribution is 2.35. The van der Waals surface area contributed by atoms with Crippen molar-refractivity contribution in [3.63, 3.8) is 0 Å². The molecular formula is C8H14F2N2. The molecule has 0 aromatic carbocycles. The summed E-state index contributed by atoms with van der Waals surface area (Å²) >= 11 is 0. The summed E-state index contributed by atoms with van der Waals surface area (Å²) in [5, 5.41) is 3.27. The SMILES string of the molecule is FC(F)CN1CC2(CCNC2)C1. The van der Waals surface area contributed by atoms with Crippen LogP contribution in [-0.2, 0) is 0 Å². The lowest BCUT2D eigenvalue weighted by atomic mass is 9.79. The Morgan fingerprint density at radius 1 is 1.42 bits per heavy atom. The van der Waals surface area contributed by atoms with Gasteiger partial charge in [0.05, 0.1) is 6.54 Å². The van der Waals surface area contributed by atoms with E-state index in [4.69, 9.17) is 0 Å². The Morgan fingerprint density at radius 3 is 2.67 bits per heavy atom. The molecule has 2 rings (SSSR count). The Bertz CT molecular complexity index is 158. The largest absolute Gasteiger partial charge is 0.316 e. The molecule has 70 valence electrons. The standard InChI is InChI=1S/C8H14F2N2/c9-7(10)3-12-5-8(6-12)1-2-11-4-8/h7,11H,1-6H2. The molecule has 1 spiro atoms. The zero-order chi connectivity index (χ0) is 8.60. The molecule has 0 amide bonds. The van der Waals surface area contributed by atoms with E-state index in [9.17, 15) is 8.78 Å². The normalized spacial score (nSPS) is 28.2. The molecule has 0 radical (unpaired) electrons. The van der Waals surface area contributed by atoms with Crippen molar-refractivity contribution in [2.45, 2.75) is 12.8 Å². The van der Waals surface area contributed by atoms with Crippen molar-refractivity contribution in [3.8, 4) is 0 Å². The predicted octanol–water partition coefficient (Wildman–Crippen LogP) is 0.547. The number of rotatable bonds is 2. The minimum atomic E-state index is -2.17. The molecule has 0 unspecified atom stereocenters. The smallest absolute Gasteiger partial charge is 0.251 e. The molecule has 0 atom stereocenters. The average molecular weight is 176 g/mol. The second kappa shape index (κ2) is 2.92. The quantitative estimate of drug-likeness (QED) is 0.661. The summed E-state index contributed by atoms with van der Waals surface area (Å²) in [5.41, 5.74) is 0.356. The Kier molecular flexibility index (Phi) is 2.04. The van der Waals surface area contributed by atoms with Crippen LogP contribution in [0.25, 0.3) is 0 Å². The van der Waals surface area contributed by atoms with Crippen LogP contribution < -0.4 is 5.32 Å². The van der Waals surface area contributed by atoms with E-state index in [1.165, 1.54) is 0 Å². The predicted molar refractivity (Wildman–Crippen MR) is 42.4 cm³/mol. The van der Waals surface area contributed by atoms with Crippen molar-refractivity contribution >= 4 is 0 Å². The zero-order valence-corrected chi connectivity index (χ0v) is 7.02. The molecule has 2 nitrogen and oxygen atoms in total. The summed E-state index contributed by atoms with van der Waals surface area (Å²) < 4.78 is 23.8. The number of hydrogen-bond acceptors (Lipinski definition) is 2. The van der Waals surface area contributed by atoms with E-state index in [0.717, 1.165) is 32.6 Å². The fraction of sp³-hybridized carbons (Fsp3) is 1.00. The molecule has 0 aromatic rings. The summed E-state index contributed by atoms with van der Waals surface area (Å²) in [7, 11) is 0. The van der Waals surface area contributed by atoms with Crippen molar-refractivity contribution in [2.75, 3.05) is 32.7 Å². The van der Waals surface area contributed by atoms with Gasteiger partial charge in [0.2, 0.25) is 0 Å². The van der Waals surface area contributed by atoms with Crippen molar-refractivity contribution in [3.05, 3.63) is 0 Å². The molecule has 0 aromatic heterocycles. The highest BCUT2D eigenvalue weighted by Gasteiger charge is 2.45. The van der Waals surface area contributed by atoms with Gasteiger partial charge < -0.3 is 5.32 Å². The van der Waals surface area contributed by atoms with Crippen LogP contribution in [0.15, 0.2) is 0 Å². The van der Waals surface area contributed by atoms with Gasteiger partial charge >= 0.3 is 0 Å². The average Bonchev–Trinajstić information content (AvgIpc) is 2.33. The van der Waals surface area contributed by atoms with Crippen molar-refractivity contribution in [1.29, 1.82) is 0 Å². The van der Waals surface area contributed by atoms with Crippen molar-refractivity contribution in [2.24, 2.45) is 5.41 Å². The van der Waals surface area contributed by atoms with Crippen LogP contribution in [0.4, 0.5) is 8.78 Å². The fourth-order valence-electron chi connectivity index (χ4n) is 2.29. The lowest BCUT2D eigenvalue weighted by molar-refractivity contribution is -0.0244. The number of alkyl halides is 2. The Balaban J connectivity index is 1.75. The number of likely N-dealkylation sites (tertiary alicyclic amines) is 1. The van der Waals surface area contributed by atoms with Crippen LogP contribution in [-0.4, -0.2) is 44.0 Å². The van der Waals surface area contributed by atoms with Crippen LogP contribution in [0, 0.1) is 5.41 Å². The topological polar surface area (TPSA) is 15.3 Å². The van der Waals surface area contributed by atoms with Gasteiger partial charge in [-0.1, -0.05) is 0 Å².